The van der Waals surface area contributed by atoms with E-state index in [2.05, 4.69) is 10.3 Å². The normalized spacial score (nSPS) is 13.7. The zero-order valence-electron chi connectivity index (χ0n) is 18.3. The number of benzene rings is 1. The number of aromatic carboxylic acids is 1. The Hall–Kier alpha value is -3.69. The van der Waals surface area contributed by atoms with Gasteiger partial charge in [0.15, 0.2) is 5.69 Å². The van der Waals surface area contributed by atoms with Crippen LogP contribution in [-0.2, 0) is 13.1 Å². The largest absolute Gasteiger partial charge is 0.476 e. The Morgan fingerprint density at radius 1 is 1.11 bits per heavy atom. The molecule has 0 bridgehead atoms. The number of hydrogen-bond donors (Lipinski definition) is 2. The van der Waals surface area contributed by atoms with Crippen LogP contribution < -0.4 is 15.8 Å². The Morgan fingerprint density at radius 2 is 1.89 bits per heavy atom. The summed E-state index contributed by atoms with van der Waals surface area (Å²) in [6.45, 7) is 2.71. The Kier molecular flexibility index (Phi) is 5.82. The topological polar surface area (TPSA) is 99.8 Å². The fraction of sp³-hybridized carbons (Fsp3) is 0.167. The lowest BCUT2D eigenvalue weighted by Gasteiger charge is -2.21. The molecule has 0 fully saturated rings. The van der Waals surface area contributed by atoms with Crippen molar-refractivity contribution in [1.82, 2.24) is 14.4 Å². The van der Waals surface area contributed by atoms with Gasteiger partial charge in [0.05, 0.1) is 16.8 Å². The number of hydrogen-bond acceptors (Lipinski definition) is 6. The molecule has 1 aliphatic rings. The number of carbonyl (C=O) groups is 1. The van der Waals surface area contributed by atoms with E-state index in [-0.39, 0.29) is 27.9 Å². The molecule has 0 aliphatic carbocycles. The minimum absolute atomic E-state index is 0.0539. The monoisotopic (exact) mass is 513 g/mol. The third kappa shape index (κ3) is 4.40. The molecule has 11 heteroatoms. The number of anilines is 2. The first-order chi connectivity index (χ1) is 16.7. The number of halogens is 3. The predicted octanol–water partition coefficient (Wildman–Crippen LogP) is 4.93. The molecule has 1 atom stereocenters. The summed E-state index contributed by atoms with van der Waals surface area (Å²) in [7, 11) is 0. The number of pyridine rings is 2. The van der Waals surface area contributed by atoms with Crippen LogP contribution in [0.5, 0.6) is 0 Å². The van der Waals surface area contributed by atoms with Crippen molar-refractivity contribution < 1.29 is 14.3 Å². The molecule has 0 unspecified atom stereocenters. The van der Waals surface area contributed by atoms with E-state index in [1.165, 1.54) is 40.9 Å². The second-order valence-corrected chi connectivity index (χ2v) is 9.05. The van der Waals surface area contributed by atoms with Crippen molar-refractivity contribution in [2.45, 2.75) is 26.1 Å². The van der Waals surface area contributed by atoms with E-state index < -0.39 is 12.0 Å². The first-order valence-corrected chi connectivity index (χ1v) is 11.4. The minimum Gasteiger partial charge on any atom is -0.476 e. The van der Waals surface area contributed by atoms with Gasteiger partial charge in [0, 0.05) is 30.9 Å². The fourth-order valence-electron chi connectivity index (χ4n) is 4.21. The number of nitrogens with one attached hydrogen (secondary N) is 1. The highest BCUT2D eigenvalue weighted by atomic mass is 35.5. The molecule has 3 aromatic heterocycles. The molecule has 4 aromatic rings. The molecular weight excluding hydrogens is 496 g/mol. The first kappa shape index (κ1) is 23.1. The van der Waals surface area contributed by atoms with Crippen LogP contribution in [0.2, 0.25) is 10.2 Å². The maximum absolute atomic E-state index is 13.7. The van der Waals surface area contributed by atoms with E-state index in [1.807, 2.05) is 4.90 Å². The van der Waals surface area contributed by atoms with E-state index >= 15 is 0 Å². The molecule has 0 saturated heterocycles. The third-order valence-corrected chi connectivity index (χ3v) is 6.28. The molecule has 0 saturated carbocycles. The Morgan fingerprint density at radius 3 is 2.66 bits per heavy atom. The van der Waals surface area contributed by atoms with Gasteiger partial charge in [0.25, 0.3) is 5.56 Å². The van der Waals surface area contributed by atoms with Gasteiger partial charge in [-0.25, -0.2) is 19.2 Å². The number of fused-ring (bicyclic) bond motifs is 2. The van der Waals surface area contributed by atoms with Crippen LogP contribution in [0.3, 0.4) is 0 Å². The minimum atomic E-state index is -1.24. The van der Waals surface area contributed by atoms with Crippen LogP contribution in [-0.4, -0.2) is 25.4 Å². The molecule has 178 valence electrons. The molecule has 8 nitrogen and oxygen atoms in total. The first-order valence-electron chi connectivity index (χ1n) is 10.6. The van der Waals surface area contributed by atoms with E-state index in [1.54, 1.807) is 19.1 Å². The summed E-state index contributed by atoms with van der Waals surface area (Å²) >= 11 is 12.2. The lowest BCUT2D eigenvalue weighted by Crippen LogP contribution is -2.23. The molecule has 0 amide bonds. The van der Waals surface area contributed by atoms with Gasteiger partial charge in [-0.05, 0) is 48.4 Å². The second kappa shape index (κ2) is 8.83. The van der Waals surface area contributed by atoms with E-state index in [0.717, 1.165) is 11.1 Å². The standard InChI is InChI=1S/C24H18Cl2FN5O3/c1-12(28-18-4-5-19(26)29-22(18)24(34)35)17-7-15(25)11-32-21(33)8-20(30-23(17)32)31-9-13-2-3-16(27)6-14(13)10-31/h2-8,11-12,28H,9-10H2,1H3,(H,34,35)/t12-/m1/s1. The highest BCUT2D eigenvalue weighted by Gasteiger charge is 2.23. The van der Waals surface area contributed by atoms with Crippen molar-refractivity contribution in [2.75, 3.05) is 10.2 Å². The van der Waals surface area contributed by atoms with Gasteiger partial charge in [0.1, 0.15) is 22.4 Å². The molecule has 2 N–H and O–H groups in total. The van der Waals surface area contributed by atoms with Crippen LogP contribution in [0, 0.1) is 5.82 Å². The van der Waals surface area contributed by atoms with Crippen LogP contribution in [0.4, 0.5) is 15.9 Å². The predicted molar refractivity (Wildman–Crippen MR) is 131 cm³/mol. The Balaban J connectivity index is 1.56. The smallest absolute Gasteiger partial charge is 0.356 e. The lowest BCUT2D eigenvalue weighted by molar-refractivity contribution is 0.0691. The maximum Gasteiger partial charge on any atom is 0.356 e. The van der Waals surface area contributed by atoms with Gasteiger partial charge < -0.3 is 15.3 Å². The molecule has 4 heterocycles. The molecule has 0 spiro atoms. The van der Waals surface area contributed by atoms with Gasteiger partial charge in [-0.2, -0.15) is 0 Å². The summed E-state index contributed by atoms with van der Waals surface area (Å²) < 4.78 is 15.0. The van der Waals surface area contributed by atoms with Crippen molar-refractivity contribution in [3.05, 3.63) is 97.4 Å². The van der Waals surface area contributed by atoms with Crippen molar-refractivity contribution in [2.24, 2.45) is 0 Å². The van der Waals surface area contributed by atoms with Crippen molar-refractivity contribution >= 4 is 46.3 Å². The third-order valence-electron chi connectivity index (χ3n) is 5.86. The van der Waals surface area contributed by atoms with Crippen LogP contribution in [0.15, 0.2) is 53.5 Å². The number of nitrogens with zero attached hydrogens (tertiary/aromatic N) is 4. The lowest BCUT2D eigenvalue weighted by atomic mass is 10.1. The second-order valence-electron chi connectivity index (χ2n) is 8.23. The van der Waals surface area contributed by atoms with Gasteiger partial charge in [-0.1, -0.05) is 29.3 Å². The van der Waals surface area contributed by atoms with Crippen molar-refractivity contribution in [1.29, 1.82) is 0 Å². The summed E-state index contributed by atoms with van der Waals surface area (Å²) in [5.41, 5.74) is 2.43. The molecule has 1 aliphatic heterocycles. The zero-order chi connectivity index (χ0) is 24.9. The van der Waals surface area contributed by atoms with Crippen LogP contribution >= 0.6 is 23.2 Å². The average molecular weight is 514 g/mol. The number of rotatable bonds is 5. The van der Waals surface area contributed by atoms with E-state index in [0.29, 0.717) is 35.1 Å². The van der Waals surface area contributed by atoms with Crippen molar-refractivity contribution in [3.63, 3.8) is 0 Å². The maximum atomic E-state index is 13.7. The SMILES string of the molecule is C[C@@H](Nc1ccc(Cl)nc1C(=O)O)c1cc(Cl)cn2c(=O)cc(N3Cc4ccc(F)cc4C3)nc12. The highest BCUT2D eigenvalue weighted by Crippen LogP contribution is 2.30. The fourth-order valence-corrected chi connectivity index (χ4v) is 4.58. The van der Waals surface area contributed by atoms with Gasteiger partial charge >= 0.3 is 5.97 Å². The number of carboxylic acids is 1. The quantitative estimate of drug-likeness (QED) is 0.365. The van der Waals surface area contributed by atoms with Gasteiger partial charge in [-0.3, -0.25) is 9.20 Å². The zero-order valence-corrected chi connectivity index (χ0v) is 19.8. The van der Waals surface area contributed by atoms with Crippen molar-refractivity contribution in [3.8, 4) is 0 Å². The Bertz CT molecular complexity index is 1560. The summed E-state index contributed by atoms with van der Waals surface area (Å²) in [6.07, 6.45) is 1.48. The molecule has 5 rings (SSSR count). The van der Waals surface area contributed by atoms with Crippen LogP contribution in [0.1, 0.15) is 40.1 Å². The highest BCUT2D eigenvalue weighted by molar-refractivity contribution is 6.30. The van der Waals surface area contributed by atoms with Crippen LogP contribution in [0.25, 0.3) is 5.65 Å². The summed E-state index contributed by atoms with van der Waals surface area (Å²) in [5.74, 6) is -1.10. The molecular formula is C24H18Cl2FN5O3. The number of carboxylic acid groups (broad SMARTS) is 1. The summed E-state index contributed by atoms with van der Waals surface area (Å²) in [4.78, 5) is 35.2. The summed E-state index contributed by atoms with van der Waals surface area (Å²) in [5, 5.41) is 13.0. The molecule has 35 heavy (non-hydrogen) atoms. The van der Waals surface area contributed by atoms with Gasteiger partial charge in [0.2, 0.25) is 0 Å². The molecule has 1 aromatic carbocycles. The number of aromatic nitrogens is 3. The Labute approximate surface area is 208 Å². The van der Waals surface area contributed by atoms with Gasteiger partial charge in [-0.15, -0.1) is 0 Å². The van der Waals surface area contributed by atoms with E-state index in [4.69, 9.17) is 28.2 Å². The average Bonchev–Trinajstić information content (AvgIpc) is 3.23. The van der Waals surface area contributed by atoms with E-state index in [9.17, 15) is 19.1 Å². The summed E-state index contributed by atoms with van der Waals surface area (Å²) in [6, 6.07) is 10.2. The molecule has 0 radical (unpaired) electrons.